The molecule has 0 saturated carbocycles. The van der Waals surface area contributed by atoms with Crippen molar-refractivity contribution in [2.45, 2.75) is 13.3 Å². The maximum Gasteiger partial charge on any atom is 0.258 e. The van der Waals surface area contributed by atoms with E-state index in [1.54, 1.807) is 4.90 Å². The minimum absolute atomic E-state index is 0.0603. The monoisotopic (exact) mass is 252 g/mol. The van der Waals surface area contributed by atoms with Gasteiger partial charge < -0.3 is 10.6 Å². The van der Waals surface area contributed by atoms with Crippen LogP contribution in [0.5, 0.6) is 0 Å². The summed E-state index contributed by atoms with van der Waals surface area (Å²) in [4.78, 5) is 14.3. The summed E-state index contributed by atoms with van der Waals surface area (Å²) in [5, 5.41) is 0. The molecule has 1 amide bonds. The molecular weight excluding hydrogens is 236 g/mol. The van der Waals surface area contributed by atoms with E-state index in [0.29, 0.717) is 6.54 Å². The number of benzene rings is 2. The van der Waals surface area contributed by atoms with E-state index in [1.165, 1.54) is 0 Å². The van der Waals surface area contributed by atoms with Gasteiger partial charge in [-0.3, -0.25) is 4.79 Å². The van der Waals surface area contributed by atoms with E-state index >= 15 is 0 Å². The lowest BCUT2D eigenvalue weighted by molar-refractivity contribution is 0.0980. The first kappa shape index (κ1) is 11.8. The van der Waals surface area contributed by atoms with Crippen molar-refractivity contribution in [2.24, 2.45) is 0 Å². The second kappa shape index (κ2) is 4.43. The fraction of sp³-hybridized carbons (Fsp3) is 0.188. The molecule has 3 heteroatoms. The molecule has 0 aromatic heterocycles. The number of nitrogen functional groups attached to an aromatic ring is 1. The van der Waals surface area contributed by atoms with E-state index in [9.17, 15) is 4.79 Å². The Labute approximate surface area is 112 Å². The van der Waals surface area contributed by atoms with Crippen LogP contribution in [0, 0.1) is 6.92 Å². The third-order valence-electron chi connectivity index (χ3n) is 3.67. The summed E-state index contributed by atoms with van der Waals surface area (Å²) >= 11 is 0. The van der Waals surface area contributed by atoms with Gasteiger partial charge in [-0.1, -0.05) is 24.3 Å². The first-order valence-corrected chi connectivity index (χ1v) is 6.43. The second-order valence-electron chi connectivity index (χ2n) is 4.90. The molecule has 1 aliphatic rings. The Morgan fingerprint density at radius 3 is 2.74 bits per heavy atom. The molecule has 96 valence electrons. The average molecular weight is 252 g/mol. The van der Waals surface area contributed by atoms with Crippen LogP contribution >= 0.6 is 0 Å². The van der Waals surface area contributed by atoms with E-state index in [2.05, 4.69) is 0 Å². The number of anilines is 2. The van der Waals surface area contributed by atoms with Crippen LogP contribution in [0.2, 0.25) is 0 Å². The van der Waals surface area contributed by atoms with Crippen molar-refractivity contribution < 1.29 is 4.79 Å². The highest BCUT2D eigenvalue weighted by atomic mass is 16.2. The van der Waals surface area contributed by atoms with Crippen LogP contribution in [-0.2, 0) is 6.42 Å². The van der Waals surface area contributed by atoms with Crippen LogP contribution in [-0.4, -0.2) is 12.5 Å². The lowest BCUT2D eigenvalue weighted by Crippen LogP contribution is -2.37. The summed E-state index contributed by atoms with van der Waals surface area (Å²) in [5.74, 6) is 0.0603. The molecule has 1 heterocycles. The van der Waals surface area contributed by atoms with Gasteiger partial charge in [0, 0.05) is 23.5 Å². The number of hydrogen-bond acceptors (Lipinski definition) is 2. The van der Waals surface area contributed by atoms with E-state index in [-0.39, 0.29) is 5.91 Å². The number of fused-ring (bicyclic) bond motifs is 1. The Hall–Kier alpha value is -2.29. The maximum absolute atomic E-state index is 12.5. The molecule has 1 aliphatic heterocycles. The minimum Gasteiger partial charge on any atom is -0.398 e. The van der Waals surface area contributed by atoms with E-state index < -0.39 is 0 Å². The third kappa shape index (κ3) is 1.97. The summed E-state index contributed by atoms with van der Waals surface area (Å²) < 4.78 is 0. The van der Waals surface area contributed by atoms with Crippen molar-refractivity contribution in [3.63, 3.8) is 0 Å². The van der Waals surface area contributed by atoms with Gasteiger partial charge in [-0.15, -0.1) is 0 Å². The van der Waals surface area contributed by atoms with Crippen molar-refractivity contribution in [1.29, 1.82) is 0 Å². The summed E-state index contributed by atoms with van der Waals surface area (Å²) in [7, 11) is 0. The topological polar surface area (TPSA) is 46.3 Å². The van der Waals surface area contributed by atoms with Crippen molar-refractivity contribution in [3.8, 4) is 0 Å². The lowest BCUT2D eigenvalue weighted by Gasteiger charge is -2.29. The zero-order valence-electron chi connectivity index (χ0n) is 10.9. The quantitative estimate of drug-likeness (QED) is 0.793. The van der Waals surface area contributed by atoms with Gasteiger partial charge in [0.1, 0.15) is 0 Å². The summed E-state index contributed by atoms with van der Waals surface area (Å²) in [5.41, 5.74) is 10.5. The number of nitrogens with two attached hydrogens (primary N) is 1. The van der Waals surface area contributed by atoms with Crippen LogP contribution in [0.4, 0.5) is 11.4 Å². The van der Waals surface area contributed by atoms with E-state index in [4.69, 9.17) is 5.73 Å². The van der Waals surface area contributed by atoms with Gasteiger partial charge in [0.05, 0.1) is 0 Å². The molecule has 3 rings (SSSR count). The molecule has 0 unspecified atom stereocenters. The van der Waals surface area contributed by atoms with Crippen molar-refractivity contribution >= 4 is 17.3 Å². The smallest absolute Gasteiger partial charge is 0.258 e. The second-order valence-corrected chi connectivity index (χ2v) is 4.90. The fourth-order valence-corrected chi connectivity index (χ4v) is 2.47. The Morgan fingerprint density at radius 2 is 1.95 bits per heavy atom. The molecule has 0 atom stereocenters. The van der Waals surface area contributed by atoms with Gasteiger partial charge >= 0.3 is 0 Å². The number of carbonyl (C=O) groups excluding carboxylic acids is 1. The Bertz CT molecular complexity index is 649. The number of nitrogens with zero attached hydrogens (tertiary/aromatic N) is 1. The van der Waals surface area contributed by atoms with Crippen molar-refractivity contribution in [2.75, 3.05) is 17.2 Å². The highest BCUT2D eigenvalue weighted by Crippen LogP contribution is 2.26. The van der Waals surface area contributed by atoms with Crippen LogP contribution in [0.25, 0.3) is 0 Å². The van der Waals surface area contributed by atoms with Crippen LogP contribution < -0.4 is 10.6 Å². The number of rotatable bonds is 1. The molecule has 2 N–H and O–H groups in total. The molecular formula is C16H16N2O. The molecule has 2 aromatic carbocycles. The standard InChI is InChI=1S/C16H16N2O/c1-11-6-7-13(10-15(11)17)18-9-8-12-4-2-3-5-14(12)16(18)19/h2-7,10H,8-9,17H2,1H3. The molecule has 0 saturated heterocycles. The number of carbonyl (C=O) groups is 1. The summed E-state index contributed by atoms with van der Waals surface area (Å²) in [6.07, 6.45) is 0.885. The number of aryl methyl sites for hydroxylation is 1. The highest BCUT2D eigenvalue weighted by molar-refractivity contribution is 6.08. The minimum atomic E-state index is 0.0603. The van der Waals surface area contributed by atoms with Crippen molar-refractivity contribution in [3.05, 3.63) is 59.2 Å². The van der Waals surface area contributed by atoms with E-state index in [0.717, 1.165) is 34.5 Å². The van der Waals surface area contributed by atoms with Gasteiger partial charge in [0.25, 0.3) is 5.91 Å². The molecule has 0 bridgehead atoms. The van der Waals surface area contributed by atoms with Crippen LogP contribution in [0.1, 0.15) is 21.5 Å². The molecule has 0 spiro atoms. The van der Waals surface area contributed by atoms with Gasteiger partial charge in [-0.25, -0.2) is 0 Å². The summed E-state index contributed by atoms with van der Waals surface area (Å²) in [6.45, 7) is 2.67. The predicted octanol–water partition coefficient (Wildman–Crippen LogP) is 2.78. The van der Waals surface area contributed by atoms with E-state index in [1.807, 2.05) is 49.4 Å². The SMILES string of the molecule is Cc1ccc(N2CCc3ccccc3C2=O)cc1N. The van der Waals surface area contributed by atoms with Gasteiger partial charge in [0.15, 0.2) is 0 Å². The van der Waals surface area contributed by atoms with Gasteiger partial charge in [0.2, 0.25) is 0 Å². The molecule has 0 aliphatic carbocycles. The van der Waals surface area contributed by atoms with Crippen LogP contribution in [0.15, 0.2) is 42.5 Å². The summed E-state index contributed by atoms with van der Waals surface area (Å²) in [6, 6.07) is 13.6. The van der Waals surface area contributed by atoms with Gasteiger partial charge in [-0.2, -0.15) is 0 Å². The molecule has 19 heavy (non-hydrogen) atoms. The van der Waals surface area contributed by atoms with Gasteiger partial charge in [-0.05, 0) is 42.7 Å². The molecule has 2 aromatic rings. The predicted molar refractivity (Wildman–Crippen MR) is 77.4 cm³/mol. The molecule has 0 radical (unpaired) electrons. The normalized spacial score (nSPS) is 14.4. The third-order valence-corrected chi connectivity index (χ3v) is 3.67. The highest BCUT2D eigenvalue weighted by Gasteiger charge is 2.25. The first-order chi connectivity index (χ1) is 9.16. The first-order valence-electron chi connectivity index (χ1n) is 6.43. The van der Waals surface area contributed by atoms with Crippen LogP contribution in [0.3, 0.4) is 0 Å². The number of hydrogen-bond donors (Lipinski definition) is 1. The zero-order valence-corrected chi connectivity index (χ0v) is 10.9. The largest absolute Gasteiger partial charge is 0.398 e. The zero-order chi connectivity index (χ0) is 13.4. The molecule has 3 nitrogen and oxygen atoms in total. The average Bonchev–Trinajstić information content (AvgIpc) is 2.43. The number of amides is 1. The fourth-order valence-electron chi connectivity index (χ4n) is 2.47. The Balaban J connectivity index is 2.00. The van der Waals surface area contributed by atoms with Crippen molar-refractivity contribution in [1.82, 2.24) is 0 Å². The lowest BCUT2D eigenvalue weighted by atomic mass is 9.98. The maximum atomic E-state index is 12.5. The molecule has 0 fully saturated rings. The Morgan fingerprint density at radius 1 is 1.16 bits per heavy atom. The Kier molecular flexibility index (Phi) is 2.75.